The van der Waals surface area contributed by atoms with Crippen molar-refractivity contribution in [2.24, 2.45) is 0 Å². The van der Waals surface area contributed by atoms with E-state index in [1.165, 1.54) is 31.2 Å². The van der Waals surface area contributed by atoms with Crippen LogP contribution < -0.4 is 15.6 Å². The van der Waals surface area contributed by atoms with Gasteiger partial charge in [0.15, 0.2) is 0 Å². The van der Waals surface area contributed by atoms with E-state index in [-0.39, 0.29) is 5.56 Å². The van der Waals surface area contributed by atoms with Crippen LogP contribution in [0.1, 0.15) is 55.6 Å². The minimum Gasteiger partial charge on any atom is -0.489 e. The molecular formula is C35H40N4O3. The summed E-state index contributed by atoms with van der Waals surface area (Å²) in [6, 6.07) is 24.7. The predicted molar refractivity (Wildman–Crippen MR) is 165 cm³/mol. The Balaban J connectivity index is 0.954. The van der Waals surface area contributed by atoms with Crippen LogP contribution in [0.25, 0.3) is 16.6 Å². The lowest BCUT2D eigenvalue weighted by Crippen LogP contribution is -2.51. The van der Waals surface area contributed by atoms with E-state index in [0.717, 1.165) is 50.3 Å². The maximum Gasteiger partial charge on any atom is 0.265 e. The number of nitrogens with one attached hydrogen (secondary N) is 1. The molecule has 2 saturated heterocycles. The second-order valence-electron chi connectivity index (χ2n) is 12.1. The fourth-order valence-corrected chi connectivity index (χ4v) is 6.77. The Morgan fingerprint density at radius 2 is 1.62 bits per heavy atom. The van der Waals surface area contributed by atoms with Gasteiger partial charge in [0, 0.05) is 6.04 Å². The third-order valence-corrected chi connectivity index (χ3v) is 9.41. The van der Waals surface area contributed by atoms with Crippen molar-refractivity contribution in [1.82, 2.24) is 19.8 Å². The molecule has 0 unspecified atom stereocenters. The summed E-state index contributed by atoms with van der Waals surface area (Å²) in [6.07, 6.45) is 9.61. The first kappa shape index (κ1) is 27.3. The normalized spacial score (nSPS) is 22.2. The van der Waals surface area contributed by atoms with E-state index in [0.29, 0.717) is 47.4 Å². The summed E-state index contributed by atoms with van der Waals surface area (Å²) in [6.45, 7) is 4.95. The molecule has 7 rings (SSSR count). The van der Waals surface area contributed by atoms with Crippen molar-refractivity contribution in [2.75, 3.05) is 26.2 Å². The van der Waals surface area contributed by atoms with E-state index in [2.05, 4.69) is 39.5 Å². The molecule has 2 aliphatic heterocycles. The minimum atomic E-state index is -0.0887. The first-order valence-electron chi connectivity index (χ1n) is 15.6. The van der Waals surface area contributed by atoms with Gasteiger partial charge in [-0.25, -0.2) is 4.98 Å². The second-order valence-corrected chi connectivity index (χ2v) is 12.1. The topological polar surface area (TPSA) is 68.6 Å². The molecule has 7 nitrogen and oxygen atoms in total. The summed E-state index contributed by atoms with van der Waals surface area (Å²) in [5, 5.41) is 3.98. The van der Waals surface area contributed by atoms with Gasteiger partial charge in [0.1, 0.15) is 18.7 Å². The van der Waals surface area contributed by atoms with Crippen molar-refractivity contribution >= 4 is 10.9 Å². The number of nitrogens with zero attached hydrogens (tertiary/aromatic N) is 3. The molecule has 4 aromatic rings. The third kappa shape index (κ3) is 6.00. The number of fused-ring (bicyclic) bond motifs is 1. The Bertz CT molecular complexity index is 1530. The van der Waals surface area contributed by atoms with Crippen LogP contribution in [0.4, 0.5) is 0 Å². The highest BCUT2D eigenvalue weighted by molar-refractivity contribution is 5.79. The van der Waals surface area contributed by atoms with Gasteiger partial charge in [-0.1, -0.05) is 42.5 Å². The van der Waals surface area contributed by atoms with Crippen LogP contribution in [0.15, 0.2) is 83.9 Å². The summed E-state index contributed by atoms with van der Waals surface area (Å²) in [4.78, 5) is 20.7. The van der Waals surface area contributed by atoms with Crippen molar-refractivity contribution in [1.29, 1.82) is 0 Å². The zero-order valence-corrected chi connectivity index (χ0v) is 24.2. The molecule has 1 aromatic heterocycles. The molecule has 3 aromatic carbocycles. The lowest BCUT2D eigenvalue weighted by Gasteiger charge is -2.46. The molecule has 3 fully saturated rings. The third-order valence-electron chi connectivity index (χ3n) is 9.41. The maximum absolute atomic E-state index is 13.5. The maximum atomic E-state index is 13.5. The van der Waals surface area contributed by atoms with Crippen LogP contribution in [-0.4, -0.2) is 58.9 Å². The zero-order chi connectivity index (χ0) is 28.3. The molecular weight excluding hydrogens is 524 g/mol. The van der Waals surface area contributed by atoms with E-state index >= 15 is 0 Å². The first-order valence-corrected chi connectivity index (χ1v) is 15.6. The Hall–Kier alpha value is -3.52. The molecule has 1 N–H and O–H groups in total. The molecule has 3 heterocycles. The summed E-state index contributed by atoms with van der Waals surface area (Å²) in [7, 11) is 0. The highest BCUT2D eigenvalue weighted by Gasteiger charge is 2.37. The van der Waals surface area contributed by atoms with Gasteiger partial charge in [-0.15, -0.1) is 0 Å². The average molecular weight is 565 g/mol. The van der Waals surface area contributed by atoms with Crippen LogP contribution in [0.5, 0.6) is 5.75 Å². The van der Waals surface area contributed by atoms with Crippen molar-refractivity contribution in [3.8, 4) is 11.4 Å². The van der Waals surface area contributed by atoms with E-state index in [9.17, 15) is 4.79 Å². The molecule has 0 spiro atoms. The molecule has 0 amide bonds. The van der Waals surface area contributed by atoms with Gasteiger partial charge >= 0.3 is 0 Å². The lowest BCUT2D eigenvalue weighted by atomic mass is 9.83. The van der Waals surface area contributed by atoms with Crippen LogP contribution >= 0.6 is 0 Å². The second kappa shape index (κ2) is 12.4. The quantitative estimate of drug-likeness (QED) is 0.307. The molecule has 7 heteroatoms. The predicted octanol–water partition coefficient (Wildman–Crippen LogP) is 5.44. The smallest absolute Gasteiger partial charge is 0.265 e. The summed E-state index contributed by atoms with van der Waals surface area (Å²) < 4.78 is 13.9. The molecule has 1 saturated carbocycles. The molecule has 0 atom stereocenters. The van der Waals surface area contributed by atoms with Gasteiger partial charge in [0.25, 0.3) is 5.56 Å². The average Bonchev–Trinajstić information content (AvgIpc) is 3.03. The number of aromatic nitrogens is 2. The number of rotatable bonds is 8. The number of benzene rings is 3. The number of ether oxygens (including phenoxy) is 2. The summed E-state index contributed by atoms with van der Waals surface area (Å²) >= 11 is 0. The molecule has 1 aliphatic carbocycles. The highest BCUT2D eigenvalue weighted by Crippen LogP contribution is 2.35. The largest absolute Gasteiger partial charge is 0.489 e. The first-order chi connectivity index (χ1) is 20.7. The Morgan fingerprint density at radius 1 is 0.857 bits per heavy atom. The lowest BCUT2D eigenvalue weighted by molar-refractivity contribution is -0.0981. The van der Waals surface area contributed by atoms with E-state index in [4.69, 9.17) is 9.47 Å². The van der Waals surface area contributed by atoms with Gasteiger partial charge in [-0.3, -0.25) is 9.36 Å². The van der Waals surface area contributed by atoms with Gasteiger partial charge in [-0.05, 0) is 112 Å². The van der Waals surface area contributed by atoms with Crippen molar-refractivity contribution in [3.63, 3.8) is 0 Å². The molecule has 0 bridgehead atoms. The SMILES string of the molecule is O=c1c2cc(OCc3ccccc3)ccc2ncn1-c1ccc(C2CCN(C3CC(OC4CCNCC4)C3)CC2)cc1. The number of likely N-dealkylation sites (tertiary alicyclic amines) is 1. The van der Waals surface area contributed by atoms with Gasteiger partial charge in [0.2, 0.25) is 0 Å². The van der Waals surface area contributed by atoms with Crippen LogP contribution in [0, 0.1) is 0 Å². The monoisotopic (exact) mass is 564 g/mol. The van der Waals surface area contributed by atoms with Crippen LogP contribution in [-0.2, 0) is 11.3 Å². The molecule has 218 valence electrons. The van der Waals surface area contributed by atoms with E-state index < -0.39 is 0 Å². The fraction of sp³-hybridized carbons (Fsp3) is 0.429. The standard InChI is InChI=1S/C35H40N4O3/c40-35-33-22-31(41-23-25-4-2-1-3-5-25)10-11-34(33)37-24-39(35)28-8-6-26(7-9-28)27-14-18-38(19-15-27)29-20-32(21-29)42-30-12-16-36-17-13-30/h1-11,22,24,27,29-30,32,36H,12-21,23H2. The van der Waals surface area contributed by atoms with Crippen LogP contribution in [0.2, 0.25) is 0 Å². The minimum absolute atomic E-state index is 0.0887. The van der Waals surface area contributed by atoms with Crippen LogP contribution in [0.3, 0.4) is 0 Å². The van der Waals surface area contributed by atoms with Gasteiger partial charge in [0.05, 0.1) is 28.8 Å². The number of piperidine rings is 2. The highest BCUT2D eigenvalue weighted by atomic mass is 16.5. The van der Waals surface area contributed by atoms with Gasteiger partial charge in [-0.2, -0.15) is 0 Å². The van der Waals surface area contributed by atoms with E-state index in [1.54, 1.807) is 17.0 Å². The van der Waals surface area contributed by atoms with Crippen molar-refractivity contribution in [3.05, 3.63) is 101 Å². The van der Waals surface area contributed by atoms with E-state index in [1.807, 2.05) is 42.5 Å². The zero-order valence-electron chi connectivity index (χ0n) is 24.2. The van der Waals surface area contributed by atoms with Gasteiger partial charge < -0.3 is 19.7 Å². The fourth-order valence-electron chi connectivity index (χ4n) is 6.77. The Labute approximate surface area is 247 Å². The molecule has 0 radical (unpaired) electrons. The van der Waals surface area contributed by atoms with Crippen molar-refractivity contribution in [2.45, 2.75) is 69.3 Å². The summed E-state index contributed by atoms with van der Waals surface area (Å²) in [5.74, 6) is 1.23. The summed E-state index contributed by atoms with van der Waals surface area (Å²) in [5.41, 5.74) is 3.86. The Morgan fingerprint density at radius 3 is 2.38 bits per heavy atom. The number of hydrogen-bond donors (Lipinski definition) is 1. The van der Waals surface area contributed by atoms with Crippen molar-refractivity contribution < 1.29 is 9.47 Å². The molecule has 3 aliphatic rings. The number of hydrogen-bond acceptors (Lipinski definition) is 6. The molecule has 42 heavy (non-hydrogen) atoms. The Kier molecular flexibility index (Phi) is 8.05.